The van der Waals surface area contributed by atoms with E-state index in [4.69, 9.17) is 19.3 Å². The van der Waals surface area contributed by atoms with E-state index in [0.29, 0.717) is 5.56 Å². The van der Waals surface area contributed by atoms with Crippen LogP contribution < -0.4 is 9.47 Å². The molecule has 1 aliphatic heterocycles. The van der Waals surface area contributed by atoms with Gasteiger partial charge in [0, 0.05) is 0 Å². The van der Waals surface area contributed by atoms with E-state index < -0.39 is 81.3 Å². The van der Waals surface area contributed by atoms with Gasteiger partial charge in [-0.3, -0.25) is 0 Å². The lowest BCUT2D eigenvalue weighted by Crippen LogP contribution is -2.14. The summed E-state index contributed by atoms with van der Waals surface area (Å²) < 4.78 is 15.3. The molecule has 0 bridgehead atoms. The summed E-state index contributed by atoms with van der Waals surface area (Å²) in [5, 5.41) is 37.0. The number of carboxylic acids is 4. The zero-order valence-corrected chi connectivity index (χ0v) is 23.2. The summed E-state index contributed by atoms with van der Waals surface area (Å²) in [6, 6.07) is 13.6. The molecule has 0 saturated carbocycles. The fraction of sp³-hybridized carbons (Fsp3) is 0. The number of benzene rings is 4. The van der Waals surface area contributed by atoms with Gasteiger partial charge in [-0.05, 0) is 71.8 Å². The van der Waals surface area contributed by atoms with Gasteiger partial charge in [0.2, 0.25) is 0 Å². The Labute approximate surface area is 260 Å². The Balaban J connectivity index is 1.41. The smallest absolute Gasteiger partial charge is 0.350 e. The van der Waals surface area contributed by atoms with Gasteiger partial charge in [0.15, 0.2) is 0 Å². The molecule has 4 aromatic rings. The summed E-state index contributed by atoms with van der Waals surface area (Å²) in [7, 11) is 0. The first-order valence-corrected chi connectivity index (χ1v) is 13.0. The fourth-order valence-corrected chi connectivity index (χ4v) is 4.61. The Bertz CT molecular complexity index is 2090. The van der Waals surface area contributed by atoms with Crippen molar-refractivity contribution in [3.63, 3.8) is 0 Å². The number of fused-ring (bicyclic) bond motifs is 1. The molecule has 1 heterocycles. The molecule has 0 fully saturated rings. The zero-order chi connectivity index (χ0) is 34.2. The maximum atomic E-state index is 12.8. The van der Waals surface area contributed by atoms with Crippen LogP contribution in [0.3, 0.4) is 0 Å². The molecule has 4 N–H and O–H groups in total. The highest BCUT2D eigenvalue weighted by molar-refractivity contribution is 6.19. The second-order valence-corrected chi connectivity index (χ2v) is 9.58. The van der Waals surface area contributed by atoms with Crippen molar-refractivity contribution in [2.75, 3.05) is 0 Å². The number of ether oxygens (including phenoxy) is 3. The standard InChI is InChI=1S/C32H16O15/c33-25(34)18-7-3-14(11-20(18)27(37)38)29(41)45-16-5-1-13(2-6-16)17-9-10-22(24-23(17)31(43)47-32(24)44)46-30(42)15-4-8-19(26(35)36)21(12-15)28(39)40/h1-12H,(H,33,34)(H,35,36)(H,37,38)(H,39,40). The third kappa shape index (κ3) is 5.99. The highest BCUT2D eigenvalue weighted by atomic mass is 16.6. The molecule has 0 aromatic heterocycles. The molecule has 0 amide bonds. The molecule has 5 rings (SSSR count). The molecule has 15 heteroatoms. The van der Waals surface area contributed by atoms with Crippen LogP contribution in [0.1, 0.15) is 82.9 Å². The van der Waals surface area contributed by atoms with Crippen LogP contribution >= 0.6 is 0 Å². The molecule has 0 radical (unpaired) electrons. The Morgan fingerprint density at radius 2 is 0.979 bits per heavy atom. The van der Waals surface area contributed by atoms with Crippen molar-refractivity contribution >= 4 is 47.8 Å². The second-order valence-electron chi connectivity index (χ2n) is 9.58. The molecule has 4 aromatic carbocycles. The van der Waals surface area contributed by atoms with Crippen molar-refractivity contribution < 1.29 is 73.0 Å². The molecule has 234 valence electrons. The van der Waals surface area contributed by atoms with Gasteiger partial charge in [-0.15, -0.1) is 0 Å². The third-order valence-corrected chi connectivity index (χ3v) is 6.77. The lowest BCUT2D eigenvalue weighted by atomic mass is 9.95. The van der Waals surface area contributed by atoms with E-state index in [2.05, 4.69) is 0 Å². The molecule has 0 spiro atoms. The van der Waals surface area contributed by atoms with Gasteiger partial charge < -0.3 is 34.6 Å². The van der Waals surface area contributed by atoms with Crippen molar-refractivity contribution in [1.29, 1.82) is 0 Å². The fourth-order valence-electron chi connectivity index (χ4n) is 4.61. The van der Waals surface area contributed by atoms with E-state index in [1.807, 2.05) is 0 Å². The van der Waals surface area contributed by atoms with Gasteiger partial charge in [-0.2, -0.15) is 0 Å². The summed E-state index contributed by atoms with van der Waals surface area (Å²) >= 11 is 0. The third-order valence-electron chi connectivity index (χ3n) is 6.77. The van der Waals surface area contributed by atoms with Gasteiger partial charge in [-0.25, -0.2) is 38.4 Å². The molecule has 15 nitrogen and oxygen atoms in total. The Kier molecular flexibility index (Phi) is 8.04. The van der Waals surface area contributed by atoms with E-state index in [-0.39, 0.29) is 28.0 Å². The summed E-state index contributed by atoms with van der Waals surface area (Å²) in [6.45, 7) is 0. The maximum absolute atomic E-state index is 12.8. The summed E-state index contributed by atoms with van der Waals surface area (Å²) in [5.41, 5.74) is -3.19. The van der Waals surface area contributed by atoms with Gasteiger partial charge >= 0.3 is 47.8 Å². The number of rotatable bonds is 9. The SMILES string of the molecule is O=C(Oc1ccc(-c2ccc(OC(=O)c3ccc(C(=O)O)c(C(=O)O)c3)c3c2C(=O)OC3=O)cc1)c1ccc(C(=O)O)c(C(=O)O)c1. The summed E-state index contributed by atoms with van der Waals surface area (Å²) in [4.78, 5) is 96.2. The number of carbonyl (C=O) groups is 8. The van der Waals surface area contributed by atoms with Crippen LogP contribution in [0.5, 0.6) is 11.5 Å². The Morgan fingerprint density at radius 3 is 1.47 bits per heavy atom. The first-order chi connectivity index (χ1) is 22.3. The first kappa shape index (κ1) is 31.3. The van der Waals surface area contributed by atoms with E-state index in [0.717, 1.165) is 36.4 Å². The maximum Gasteiger partial charge on any atom is 0.350 e. The number of hydrogen-bond acceptors (Lipinski definition) is 11. The number of cyclic esters (lactones) is 2. The number of aromatic carboxylic acids is 4. The lowest BCUT2D eigenvalue weighted by Gasteiger charge is -2.12. The molecule has 0 aliphatic carbocycles. The van der Waals surface area contributed by atoms with E-state index >= 15 is 0 Å². The largest absolute Gasteiger partial charge is 0.478 e. The average Bonchev–Trinajstić information content (AvgIpc) is 3.34. The van der Waals surface area contributed by atoms with E-state index in [1.165, 1.54) is 36.4 Å². The normalized spacial score (nSPS) is 11.7. The molecular weight excluding hydrogens is 624 g/mol. The van der Waals surface area contributed by atoms with Gasteiger partial charge in [0.25, 0.3) is 0 Å². The zero-order valence-electron chi connectivity index (χ0n) is 23.2. The van der Waals surface area contributed by atoms with Crippen LogP contribution in [-0.4, -0.2) is 68.2 Å². The van der Waals surface area contributed by atoms with Crippen molar-refractivity contribution in [1.82, 2.24) is 0 Å². The topological polar surface area (TPSA) is 245 Å². The van der Waals surface area contributed by atoms with Crippen LogP contribution in [-0.2, 0) is 4.74 Å². The molecular formula is C32H16O15. The first-order valence-electron chi connectivity index (χ1n) is 13.0. The Hall–Kier alpha value is -7.16. The van der Waals surface area contributed by atoms with Crippen LogP contribution in [0.15, 0.2) is 72.8 Å². The molecule has 0 saturated heterocycles. The van der Waals surface area contributed by atoms with Crippen LogP contribution in [0.4, 0.5) is 0 Å². The predicted octanol–water partition coefficient (Wildman–Crippen LogP) is 3.90. The number of carboxylic acid groups (broad SMARTS) is 4. The van der Waals surface area contributed by atoms with Crippen molar-refractivity contribution in [3.8, 4) is 22.6 Å². The highest BCUT2D eigenvalue weighted by Gasteiger charge is 2.37. The highest BCUT2D eigenvalue weighted by Crippen LogP contribution is 2.38. The van der Waals surface area contributed by atoms with Gasteiger partial charge in [0.1, 0.15) is 17.1 Å². The van der Waals surface area contributed by atoms with Crippen LogP contribution in [0, 0.1) is 0 Å². The predicted molar refractivity (Wildman–Crippen MR) is 152 cm³/mol. The van der Waals surface area contributed by atoms with Crippen molar-refractivity contribution in [2.45, 2.75) is 0 Å². The second kappa shape index (κ2) is 12.1. The average molecular weight is 640 g/mol. The quantitative estimate of drug-likeness (QED) is 0.115. The lowest BCUT2D eigenvalue weighted by molar-refractivity contribution is 0.0440. The van der Waals surface area contributed by atoms with Gasteiger partial charge in [-0.1, -0.05) is 12.1 Å². The molecule has 0 unspecified atom stereocenters. The molecule has 1 aliphatic rings. The summed E-state index contributed by atoms with van der Waals surface area (Å²) in [5.74, 6) is -11.0. The minimum absolute atomic E-state index is 0.0200. The molecule has 47 heavy (non-hydrogen) atoms. The van der Waals surface area contributed by atoms with Gasteiger partial charge in [0.05, 0.1) is 38.9 Å². The van der Waals surface area contributed by atoms with Crippen LogP contribution in [0.25, 0.3) is 11.1 Å². The van der Waals surface area contributed by atoms with E-state index in [9.17, 15) is 53.7 Å². The number of hydrogen-bond donors (Lipinski definition) is 4. The minimum atomic E-state index is -1.61. The Morgan fingerprint density at radius 1 is 0.511 bits per heavy atom. The number of carbonyl (C=O) groups excluding carboxylic acids is 4. The van der Waals surface area contributed by atoms with Crippen molar-refractivity contribution in [3.05, 3.63) is 117 Å². The molecule has 0 atom stereocenters. The monoisotopic (exact) mass is 640 g/mol. The summed E-state index contributed by atoms with van der Waals surface area (Å²) in [6.07, 6.45) is 0. The minimum Gasteiger partial charge on any atom is -0.478 e. The van der Waals surface area contributed by atoms with E-state index in [1.54, 1.807) is 0 Å². The van der Waals surface area contributed by atoms with Crippen LogP contribution in [0.2, 0.25) is 0 Å². The van der Waals surface area contributed by atoms with Crippen molar-refractivity contribution in [2.24, 2.45) is 0 Å². The number of esters is 4.